The SMILES string of the molecule is O=C(OCCN1CCOCC1)c1[nH]nnc1-c1ccc2c(c1)Cc1cc(-c3c[nH]nn3)ccc1-2. The molecular formula is C24H23N7O3. The Kier molecular flexibility index (Phi) is 5.36. The van der Waals surface area contributed by atoms with Gasteiger partial charge in [0.1, 0.15) is 18.0 Å². The quantitative estimate of drug-likeness (QED) is 0.373. The molecule has 2 aromatic carbocycles. The van der Waals surface area contributed by atoms with Crippen LogP contribution in [0.2, 0.25) is 0 Å². The normalized spacial score (nSPS) is 15.2. The van der Waals surface area contributed by atoms with Gasteiger partial charge in [-0.15, -0.1) is 10.2 Å². The van der Waals surface area contributed by atoms with Crippen LogP contribution >= 0.6 is 0 Å². The standard InChI is InChI=1S/C24H23N7O3/c32-24(34-10-7-31-5-8-33-9-6-31)23-22(27-30-28-23)16-2-4-20-18(12-16)13-17-11-15(1-3-19(17)20)21-14-25-29-26-21/h1-4,11-12,14H,5-10,13H2,(H,25,26,29)(H,27,28,30). The number of hydrogen-bond acceptors (Lipinski definition) is 8. The van der Waals surface area contributed by atoms with Gasteiger partial charge in [-0.2, -0.15) is 0 Å². The highest BCUT2D eigenvalue weighted by atomic mass is 16.5. The summed E-state index contributed by atoms with van der Waals surface area (Å²) in [6, 6.07) is 12.5. The van der Waals surface area contributed by atoms with Gasteiger partial charge in [-0.1, -0.05) is 34.7 Å². The van der Waals surface area contributed by atoms with E-state index in [1.54, 1.807) is 6.20 Å². The fourth-order valence-electron chi connectivity index (χ4n) is 4.60. The first-order chi connectivity index (χ1) is 16.8. The Labute approximate surface area is 195 Å². The van der Waals surface area contributed by atoms with E-state index in [0.29, 0.717) is 32.1 Å². The van der Waals surface area contributed by atoms with Crippen molar-refractivity contribution in [3.63, 3.8) is 0 Å². The van der Waals surface area contributed by atoms with Crippen molar-refractivity contribution in [1.82, 2.24) is 35.7 Å². The van der Waals surface area contributed by atoms with Gasteiger partial charge < -0.3 is 9.47 Å². The number of carbonyl (C=O) groups excluding carboxylic acids is 1. The molecule has 0 spiro atoms. The molecule has 10 nitrogen and oxygen atoms in total. The molecule has 1 aliphatic carbocycles. The predicted molar refractivity (Wildman–Crippen MR) is 123 cm³/mol. The Morgan fingerprint density at radius 3 is 2.53 bits per heavy atom. The van der Waals surface area contributed by atoms with Crippen LogP contribution in [0.15, 0.2) is 42.6 Å². The summed E-state index contributed by atoms with van der Waals surface area (Å²) < 4.78 is 10.8. The van der Waals surface area contributed by atoms with E-state index in [0.717, 1.165) is 36.3 Å². The second kappa shape index (κ2) is 8.81. The van der Waals surface area contributed by atoms with Gasteiger partial charge in [-0.05, 0) is 40.8 Å². The Hall–Kier alpha value is -3.89. The van der Waals surface area contributed by atoms with Crippen molar-refractivity contribution in [1.29, 1.82) is 0 Å². The molecular weight excluding hydrogens is 434 g/mol. The average Bonchev–Trinajstić information content (AvgIpc) is 3.63. The monoisotopic (exact) mass is 457 g/mol. The molecule has 1 aliphatic heterocycles. The minimum Gasteiger partial charge on any atom is -0.460 e. The first-order valence-corrected chi connectivity index (χ1v) is 11.3. The van der Waals surface area contributed by atoms with Gasteiger partial charge >= 0.3 is 5.97 Å². The van der Waals surface area contributed by atoms with E-state index in [9.17, 15) is 4.79 Å². The molecule has 0 amide bonds. The lowest BCUT2D eigenvalue weighted by Crippen LogP contribution is -2.38. The van der Waals surface area contributed by atoms with E-state index < -0.39 is 5.97 Å². The van der Waals surface area contributed by atoms with Crippen molar-refractivity contribution in [2.24, 2.45) is 0 Å². The largest absolute Gasteiger partial charge is 0.460 e. The van der Waals surface area contributed by atoms with Crippen LogP contribution in [0.4, 0.5) is 0 Å². The number of aromatic amines is 2. The number of esters is 1. The molecule has 0 radical (unpaired) electrons. The second-order valence-electron chi connectivity index (χ2n) is 8.40. The Balaban J connectivity index is 1.18. The highest BCUT2D eigenvalue weighted by molar-refractivity contribution is 5.94. The molecule has 34 heavy (non-hydrogen) atoms. The molecule has 0 bridgehead atoms. The van der Waals surface area contributed by atoms with Crippen molar-refractivity contribution >= 4 is 5.97 Å². The minimum absolute atomic E-state index is 0.269. The number of H-pyrrole nitrogens is 2. The predicted octanol–water partition coefficient (Wildman–Crippen LogP) is 2.32. The number of fused-ring (bicyclic) bond motifs is 3. The second-order valence-corrected chi connectivity index (χ2v) is 8.40. The number of carbonyl (C=O) groups is 1. The van der Waals surface area contributed by atoms with Crippen LogP contribution in [0.3, 0.4) is 0 Å². The van der Waals surface area contributed by atoms with Crippen LogP contribution in [0.5, 0.6) is 0 Å². The highest BCUT2D eigenvalue weighted by Crippen LogP contribution is 2.40. The summed E-state index contributed by atoms with van der Waals surface area (Å²) in [5.74, 6) is -0.450. The summed E-state index contributed by atoms with van der Waals surface area (Å²) in [6.07, 6.45) is 2.58. The van der Waals surface area contributed by atoms with Gasteiger partial charge in [0.2, 0.25) is 0 Å². The Bertz CT molecular complexity index is 1330. The van der Waals surface area contributed by atoms with Crippen molar-refractivity contribution in [2.45, 2.75) is 6.42 Å². The number of hydrogen-bond donors (Lipinski definition) is 2. The third-order valence-corrected chi connectivity index (χ3v) is 6.36. The first-order valence-electron chi connectivity index (χ1n) is 11.3. The fourth-order valence-corrected chi connectivity index (χ4v) is 4.60. The lowest BCUT2D eigenvalue weighted by atomic mass is 10.0. The van der Waals surface area contributed by atoms with Crippen LogP contribution in [0.25, 0.3) is 33.6 Å². The fraction of sp³-hybridized carbons (Fsp3) is 0.292. The summed E-state index contributed by atoms with van der Waals surface area (Å²) in [5.41, 5.74) is 8.24. The zero-order valence-corrected chi connectivity index (χ0v) is 18.5. The molecule has 2 aromatic heterocycles. The van der Waals surface area contributed by atoms with E-state index in [2.05, 4.69) is 66.1 Å². The van der Waals surface area contributed by atoms with E-state index in [1.165, 1.54) is 22.3 Å². The van der Waals surface area contributed by atoms with Gasteiger partial charge in [0.15, 0.2) is 5.69 Å². The van der Waals surface area contributed by atoms with Gasteiger partial charge in [0.25, 0.3) is 0 Å². The zero-order valence-electron chi connectivity index (χ0n) is 18.5. The molecule has 6 rings (SSSR count). The number of ether oxygens (including phenoxy) is 2. The smallest absolute Gasteiger partial charge is 0.358 e. The molecule has 1 fully saturated rings. The van der Waals surface area contributed by atoms with Crippen LogP contribution in [-0.4, -0.2) is 81.1 Å². The number of aromatic nitrogens is 6. The molecule has 4 aromatic rings. The lowest BCUT2D eigenvalue weighted by Gasteiger charge is -2.26. The number of nitrogens with zero attached hydrogens (tertiary/aromatic N) is 5. The highest BCUT2D eigenvalue weighted by Gasteiger charge is 2.23. The summed E-state index contributed by atoms with van der Waals surface area (Å²) in [6.45, 7) is 4.13. The molecule has 10 heteroatoms. The van der Waals surface area contributed by atoms with Crippen LogP contribution < -0.4 is 0 Å². The van der Waals surface area contributed by atoms with Crippen LogP contribution in [-0.2, 0) is 15.9 Å². The van der Waals surface area contributed by atoms with E-state index in [4.69, 9.17) is 9.47 Å². The number of nitrogens with one attached hydrogen (secondary N) is 2. The lowest BCUT2D eigenvalue weighted by molar-refractivity contribution is 0.0193. The summed E-state index contributed by atoms with van der Waals surface area (Å²) in [7, 11) is 0. The molecule has 172 valence electrons. The minimum atomic E-state index is -0.450. The number of rotatable bonds is 6. The third kappa shape index (κ3) is 3.87. The van der Waals surface area contributed by atoms with E-state index in [1.807, 2.05) is 6.07 Å². The van der Waals surface area contributed by atoms with E-state index in [-0.39, 0.29) is 5.69 Å². The van der Waals surface area contributed by atoms with Gasteiger partial charge in [0, 0.05) is 37.0 Å². The maximum absolute atomic E-state index is 12.7. The van der Waals surface area contributed by atoms with Gasteiger partial charge in [-0.25, -0.2) is 4.79 Å². The average molecular weight is 457 g/mol. The van der Waals surface area contributed by atoms with Gasteiger partial charge in [-0.3, -0.25) is 15.1 Å². The van der Waals surface area contributed by atoms with Crippen LogP contribution in [0.1, 0.15) is 21.6 Å². The third-order valence-electron chi connectivity index (χ3n) is 6.36. The topological polar surface area (TPSA) is 122 Å². The summed E-state index contributed by atoms with van der Waals surface area (Å²) in [5, 5.41) is 21.4. The molecule has 0 saturated carbocycles. The zero-order chi connectivity index (χ0) is 22.9. The maximum Gasteiger partial charge on any atom is 0.358 e. The molecule has 0 atom stereocenters. The van der Waals surface area contributed by atoms with Crippen molar-refractivity contribution in [2.75, 3.05) is 39.5 Å². The number of benzene rings is 2. The Morgan fingerprint density at radius 2 is 1.76 bits per heavy atom. The van der Waals surface area contributed by atoms with Crippen molar-refractivity contribution in [3.8, 4) is 33.6 Å². The molecule has 2 aliphatic rings. The summed E-state index contributed by atoms with van der Waals surface area (Å²) >= 11 is 0. The van der Waals surface area contributed by atoms with Gasteiger partial charge in [0.05, 0.1) is 13.2 Å². The Morgan fingerprint density at radius 1 is 1.00 bits per heavy atom. The van der Waals surface area contributed by atoms with Crippen molar-refractivity contribution < 1.29 is 14.3 Å². The first kappa shape index (κ1) is 20.7. The summed E-state index contributed by atoms with van der Waals surface area (Å²) in [4.78, 5) is 14.9. The molecule has 0 unspecified atom stereocenters. The van der Waals surface area contributed by atoms with Crippen LogP contribution in [0, 0.1) is 0 Å². The molecule has 2 N–H and O–H groups in total. The van der Waals surface area contributed by atoms with Crippen molar-refractivity contribution in [3.05, 3.63) is 59.4 Å². The molecule has 3 heterocycles. The molecule has 1 saturated heterocycles. The van der Waals surface area contributed by atoms with E-state index >= 15 is 0 Å². The maximum atomic E-state index is 12.7. The number of morpholine rings is 1.